The van der Waals surface area contributed by atoms with E-state index in [1.165, 1.54) is 5.57 Å². The molecule has 0 aromatic heterocycles. The van der Waals surface area contributed by atoms with E-state index in [1.807, 2.05) is 0 Å². The fourth-order valence-electron chi connectivity index (χ4n) is 0.777. The topological polar surface area (TPSA) is 0 Å². The molecular formula is C11H16. The van der Waals surface area contributed by atoms with E-state index < -0.39 is 0 Å². The van der Waals surface area contributed by atoms with Crippen molar-refractivity contribution in [3.8, 4) is 11.8 Å². The Balaban J connectivity index is 2.56. The second-order valence-corrected chi connectivity index (χ2v) is 4.78. The molecule has 0 heteroatoms. The summed E-state index contributed by atoms with van der Waals surface area (Å²) < 4.78 is 0. The number of hydrogen-bond acceptors (Lipinski definition) is 0. The molecule has 0 saturated carbocycles. The van der Waals surface area contributed by atoms with Crippen LogP contribution in [0.2, 0.25) is 0 Å². The van der Waals surface area contributed by atoms with Crippen molar-refractivity contribution in [3.05, 3.63) is 11.6 Å². The molecule has 1 aliphatic carbocycles. The molecular weight excluding hydrogens is 132 g/mol. The molecule has 0 saturated heterocycles. The van der Waals surface area contributed by atoms with Crippen LogP contribution in [0.3, 0.4) is 0 Å². The molecule has 1 aliphatic rings. The van der Waals surface area contributed by atoms with Gasteiger partial charge in [-0.3, -0.25) is 0 Å². The molecule has 0 aromatic carbocycles. The van der Waals surface area contributed by atoms with Gasteiger partial charge in [0.05, 0.1) is 0 Å². The first-order chi connectivity index (χ1) is 4.81. The maximum atomic E-state index is 3.22. The molecule has 0 radical (unpaired) electrons. The summed E-state index contributed by atoms with van der Waals surface area (Å²) in [6.07, 6.45) is 2.21. The third kappa shape index (κ3) is 2.42. The van der Waals surface area contributed by atoms with Crippen molar-refractivity contribution in [1.82, 2.24) is 0 Å². The third-order valence-electron chi connectivity index (χ3n) is 1.69. The maximum absolute atomic E-state index is 3.22. The zero-order valence-corrected chi connectivity index (χ0v) is 8.08. The molecule has 0 nitrogen and oxygen atoms in total. The maximum Gasteiger partial charge on any atom is 0.0233 e. The van der Waals surface area contributed by atoms with E-state index in [4.69, 9.17) is 0 Å². The lowest BCUT2D eigenvalue weighted by Gasteiger charge is -2.06. The number of allylic oxidation sites excluding steroid dienone is 2. The Hall–Kier alpha value is -0.700. The Kier molecular flexibility index (Phi) is 1.63. The van der Waals surface area contributed by atoms with E-state index in [0.29, 0.717) is 5.41 Å². The summed E-state index contributed by atoms with van der Waals surface area (Å²) in [4.78, 5) is 0. The quantitative estimate of drug-likeness (QED) is 0.463. The van der Waals surface area contributed by atoms with Gasteiger partial charge in [0.1, 0.15) is 0 Å². The van der Waals surface area contributed by atoms with Crippen molar-refractivity contribution in [2.75, 3.05) is 0 Å². The summed E-state index contributed by atoms with van der Waals surface area (Å²) in [6, 6.07) is 0. The zero-order chi connectivity index (χ0) is 8.70. The van der Waals surface area contributed by atoms with Gasteiger partial charge in [0.25, 0.3) is 0 Å². The monoisotopic (exact) mass is 148 g/mol. The third-order valence-corrected chi connectivity index (χ3v) is 1.69. The van der Waals surface area contributed by atoms with Crippen LogP contribution in [0.15, 0.2) is 11.6 Å². The van der Waals surface area contributed by atoms with Crippen molar-refractivity contribution in [1.29, 1.82) is 0 Å². The Morgan fingerprint density at radius 2 is 1.73 bits per heavy atom. The predicted molar refractivity (Wildman–Crippen MR) is 49.1 cm³/mol. The molecule has 0 heterocycles. The highest BCUT2D eigenvalue weighted by Crippen LogP contribution is 2.42. The van der Waals surface area contributed by atoms with Crippen molar-refractivity contribution >= 4 is 0 Å². The van der Waals surface area contributed by atoms with Gasteiger partial charge in [-0.15, -0.1) is 0 Å². The molecule has 60 valence electrons. The van der Waals surface area contributed by atoms with Crippen molar-refractivity contribution in [2.24, 2.45) is 10.8 Å². The highest BCUT2D eigenvalue weighted by Gasteiger charge is 2.32. The van der Waals surface area contributed by atoms with E-state index in [1.54, 1.807) is 0 Å². The summed E-state index contributed by atoms with van der Waals surface area (Å²) in [6.45, 7) is 10.8. The largest absolute Gasteiger partial charge is 0.0923 e. The molecule has 0 spiro atoms. The number of rotatable bonds is 0. The van der Waals surface area contributed by atoms with E-state index >= 15 is 0 Å². The first-order valence-electron chi connectivity index (χ1n) is 4.08. The van der Waals surface area contributed by atoms with Crippen LogP contribution >= 0.6 is 0 Å². The zero-order valence-electron chi connectivity index (χ0n) is 8.08. The molecule has 0 amide bonds. The first kappa shape index (κ1) is 8.40. The summed E-state index contributed by atoms with van der Waals surface area (Å²) in [5.74, 6) is 6.42. The minimum absolute atomic E-state index is 0.138. The fourth-order valence-corrected chi connectivity index (χ4v) is 0.777. The van der Waals surface area contributed by atoms with Crippen LogP contribution in [-0.2, 0) is 0 Å². The molecule has 0 aliphatic heterocycles. The van der Waals surface area contributed by atoms with Crippen LogP contribution in [0.1, 0.15) is 34.6 Å². The lowest BCUT2D eigenvalue weighted by molar-refractivity contribution is 0.570. The fraction of sp³-hybridized carbons (Fsp3) is 0.636. The van der Waals surface area contributed by atoms with Crippen molar-refractivity contribution in [2.45, 2.75) is 34.6 Å². The average Bonchev–Trinajstić information content (AvgIpc) is 2.33. The van der Waals surface area contributed by atoms with Crippen LogP contribution in [0.5, 0.6) is 0 Å². The normalized spacial score (nSPS) is 19.9. The number of hydrogen-bond donors (Lipinski definition) is 0. The standard InChI is InChI=1S/C11H16/c1-10(2,3)7-6-9-8-11(9,4)5/h8H,1-5H3. The van der Waals surface area contributed by atoms with Gasteiger partial charge in [0.2, 0.25) is 0 Å². The van der Waals surface area contributed by atoms with E-state index in [0.717, 1.165) is 0 Å². The van der Waals surface area contributed by atoms with Gasteiger partial charge >= 0.3 is 0 Å². The van der Waals surface area contributed by atoms with E-state index in [9.17, 15) is 0 Å². The highest BCUT2D eigenvalue weighted by atomic mass is 14.3. The minimum Gasteiger partial charge on any atom is -0.0923 e. The summed E-state index contributed by atoms with van der Waals surface area (Å²) in [5, 5.41) is 0. The Morgan fingerprint density at radius 1 is 1.27 bits per heavy atom. The molecule has 0 fully saturated rings. The molecule has 0 atom stereocenters. The Bertz CT molecular complexity index is 248. The van der Waals surface area contributed by atoms with Gasteiger partial charge < -0.3 is 0 Å². The molecule has 11 heavy (non-hydrogen) atoms. The smallest absolute Gasteiger partial charge is 0.0233 e. The van der Waals surface area contributed by atoms with E-state index in [-0.39, 0.29) is 5.41 Å². The Morgan fingerprint density at radius 3 is 2.00 bits per heavy atom. The Labute approximate surface area is 69.7 Å². The lowest BCUT2D eigenvalue weighted by atomic mass is 9.97. The summed E-state index contributed by atoms with van der Waals surface area (Å²) >= 11 is 0. The van der Waals surface area contributed by atoms with Crippen LogP contribution in [0.4, 0.5) is 0 Å². The molecule has 0 unspecified atom stereocenters. The summed E-state index contributed by atoms with van der Waals surface area (Å²) in [7, 11) is 0. The van der Waals surface area contributed by atoms with Crippen LogP contribution in [0, 0.1) is 22.7 Å². The van der Waals surface area contributed by atoms with Gasteiger partial charge in [0, 0.05) is 16.4 Å². The molecule has 0 bridgehead atoms. The van der Waals surface area contributed by atoms with Crippen molar-refractivity contribution < 1.29 is 0 Å². The van der Waals surface area contributed by atoms with Crippen molar-refractivity contribution in [3.63, 3.8) is 0 Å². The highest BCUT2D eigenvalue weighted by molar-refractivity contribution is 5.50. The lowest BCUT2D eigenvalue weighted by Crippen LogP contribution is -1.99. The van der Waals surface area contributed by atoms with E-state index in [2.05, 4.69) is 52.5 Å². The first-order valence-corrected chi connectivity index (χ1v) is 4.08. The van der Waals surface area contributed by atoms with Gasteiger partial charge in [0.15, 0.2) is 0 Å². The van der Waals surface area contributed by atoms with Crippen LogP contribution in [0.25, 0.3) is 0 Å². The molecule has 0 N–H and O–H groups in total. The second kappa shape index (κ2) is 2.14. The SMILES string of the molecule is CC(C)(C)C#CC1=CC1(C)C. The predicted octanol–water partition coefficient (Wildman–Crippen LogP) is 3.00. The average molecular weight is 148 g/mol. The molecule has 0 aromatic rings. The second-order valence-electron chi connectivity index (χ2n) is 4.78. The molecule has 1 rings (SSSR count). The van der Waals surface area contributed by atoms with Gasteiger partial charge in [-0.25, -0.2) is 0 Å². The van der Waals surface area contributed by atoms with Crippen LogP contribution in [-0.4, -0.2) is 0 Å². The van der Waals surface area contributed by atoms with Gasteiger partial charge in [-0.1, -0.05) is 31.8 Å². The summed E-state index contributed by atoms with van der Waals surface area (Å²) in [5.41, 5.74) is 1.74. The van der Waals surface area contributed by atoms with Crippen LogP contribution < -0.4 is 0 Å². The minimum atomic E-state index is 0.138. The van der Waals surface area contributed by atoms with Gasteiger partial charge in [-0.2, -0.15) is 0 Å². The van der Waals surface area contributed by atoms with Gasteiger partial charge in [-0.05, 0) is 20.8 Å².